The van der Waals surface area contributed by atoms with Crippen LogP contribution in [-0.2, 0) is 20.8 Å². The highest BCUT2D eigenvalue weighted by Crippen LogP contribution is 2.41. The van der Waals surface area contributed by atoms with Crippen LogP contribution >= 0.6 is 0 Å². The van der Waals surface area contributed by atoms with Crippen LogP contribution in [0.3, 0.4) is 0 Å². The van der Waals surface area contributed by atoms with Gasteiger partial charge in [-0.2, -0.15) is 13.2 Å². The van der Waals surface area contributed by atoms with Crippen LogP contribution in [0, 0.1) is 5.41 Å². The van der Waals surface area contributed by atoms with Crippen molar-refractivity contribution in [1.82, 2.24) is 5.32 Å². The number of hydrogen-bond acceptors (Lipinski definition) is 4. The van der Waals surface area contributed by atoms with Gasteiger partial charge in [0.1, 0.15) is 5.78 Å². The van der Waals surface area contributed by atoms with Gasteiger partial charge in [0.05, 0.1) is 10.5 Å². The van der Waals surface area contributed by atoms with Gasteiger partial charge in [0.25, 0.3) is 0 Å². The summed E-state index contributed by atoms with van der Waals surface area (Å²) >= 11 is 0. The third kappa shape index (κ3) is 5.81. The molecule has 0 bridgehead atoms. The maximum atomic E-state index is 15.3. The molecule has 1 N–H and O–H groups in total. The second kappa shape index (κ2) is 8.94. The van der Waals surface area contributed by atoms with Gasteiger partial charge in [0.15, 0.2) is 0 Å². The van der Waals surface area contributed by atoms with E-state index in [4.69, 9.17) is 0 Å². The standard InChI is InChI=1S/C21H29F4NO3S/c1-19(2,3)18(27)8-5-13-26-16-9-11-20(22,12-10-16)30(28,29)17-7-4-6-15(14-17)21(23,24)25/h4,6-7,14,16,26H,5,8-13H2,1-3H3. The average Bonchev–Trinajstić information content (AvgIpc) is 2.65. The molecule has 2 rings (SSSR count). The van der Waals surface area contributed by atoms with E-state index >= 15 is 4.39 Å². The quantitative estimate of drug-likeness (QED) is 0.464. The maximum absolute atomic E-state index is 15.3. The minimum absolute atomic E-state index is 0.0877. The number of carbonyl (C=O) groups is 1. The molecule has 1 saturated carbocycles. The molecule has 30 heavy (non-hydrogen) atoms. The van der Waals surface area contributed by atoms with Crippen molar-refractivity contribution in [2.75, 3.05) is 6.54 Å². The van der Waals surface area contributed by atoms with Crippen LogP contribution < -0.4 is 5.32 Å². The van der Waals surface area contributed by atoms with Gasteiger partial charge < -0.3 is 5.32 Å². The fourth-order valence-corrected chi connectivity index (χ4v) is 5.24. The molecular weight excluding hydrogens is 422 g/mol. The molecule has 0 amide bonds. The number of nitrogens with one attached hydrogen (secondary N) is 1. The molecule has 1 aliphatic carbocycles. The van der Waals surface area contributed by atoms with Gasteiger partial charge in [-0.3, -0.25) is 4.79 Å². The number of hydrogen-bond donors (Lipinski definition) is 1. The van der Waals surface area contributed by atoms with Crippen molar-refractivity contribution >= 4 is 15.6 Å². The van der Waals surface area contributed by atoms with Crippen LogP contribution in [0.25, 0.3) is 0 Å². The van der Waals surface area contributed by atoms with Gasteiger partial charge in [-0.1, -0.05) is 26.8 Å². The van der Waals surface area contributed by atoms with E-state index in [1.54, 1.807) is 0 Å². The molecule has 1 aliphatic rings. The first kappa shape index (κ1) is 24.8. The molecule has 0 aromatic heterocycles. The summed E-state index contributed by atoms with van der Waals surface area (Å²) in [5.41, 5.74) is -1.51. The average molecular weight is 452 g/mol. The summed E-state index contributed by atoms with van der Waals surface area (Å²) in [4.78, 5) is 11.3. The topological polar surface area (TPSA) is 63.2 Å². The summed E-state index contributed by atoms with van der Waals surface area (Å²) in [5, 5.41) is 0.638. The number of benzene rings is 1. The van der Waals surface area contributed by atoms with Crippen molar-refractivity contribution in [1.29, 1.82) is 0 Å². The molecule has 0 unspecified atom stereocenters. The summed E-state index contributed by atoms with van der Waals surface area (Å²) in [6.45, 7) is 6.13. The number of sulfone groups is 1. The van der Waals surface area contributed by atoms with Crippen LogP contribution in [0.1, 0.15) is 64.9 Å². The summed E-state index contributed by atoms with van der Waals surface area (Å²) in [6.07, 6.45) is -3.71. The van der Waals surface area contributed by atoms with E-state index in [-0.39, 0.29) is 37.5 Å². The predicted molar refractivity (Wildman–Crippen MR) is 106 cm³/mol. The summed E-state index contributed by atoms with van der Waals surface area (Å²) in [6, 6.07) is 3.14. The second-order valence-corrected chi connectivity index (χ2v) is 11.1. The molecule has 0 spiro atoms. The van der Waals surface area contributed by atoms with Gasteiger partial charge in [-0.25, -0.2) is 12.8 Å². The van der Waals surface area contributed by atoms with Gasteiger partial charge in [0.2, 0.25) is 14.8 Å². The van der Waals surface area contributed by atoms with Crippen molar-refractivity contribution in [2.24, 2.45) is 5.41 Å². The first-order valence-corrected chi connectivity index (χ1v) is 11.5. The number of alkyl halides is 4. The Kier molecular flexibility index (Phi) is 7.39. The highest BCUT2D eigenvalue weighted by atomic mass is 32.2. The van der Waals surface area contributed by atoms with Crippen molar-refractivity contribution in [3.05, 3.63) is 29.8 Å². The lowest BCUT2D eigenvalue weighted by atomic mass is 9.88. The van der Waals surface area contributed by atoms with Gasteiger partial charge in [-0.15, -0.1) is 0 Å². The van der Waals surface area contributed by atoms with Gasteiger partial charge >= 0.3 is 6.18 Å². The number of ketones is 1. The molecule has 4 nitrogen and oxygen atoms in total. The zero-order valence-electron chi connectivity index (χ0n) is 17.5. The van der Waals surface area contributed by atoms with E-state index in [9.17, 15) is 26.4 Å². The largest absolute Gasteiger partial charge is 0.416 e. The molecule has 1 aromatic carbocycles. The molecule has 1 fully saturated rings. The van der Waals surface area contributed by atoms with Crippen LogP contribution in [0.4, 0.5) is 17.6 Å². The lowest BCUT2D eigenvalue weighted by molar-refractivity contribution is -0.137. The Morgan fingerprint density at radius 3 is 2.30 bits per heavy atom. The number of Topliss-reactive ketones (excluding diaryl/α,β-unsaturated/α-hetero) is 1. The van der Waals surface area contributed by atoms with Crippen LogP contribution in [0.15, 0.2) is 29.2 Å². The molecule has 170 valence electrons. The van der Waals surface area contributed by atoms with Crippen molar-refractivity contribution in [3.63, 3.8) is 0 Å². The third-order valence-corrected chi connectivity index (χ3v) is 7.78. The number of rotatable bonds is 7. The fraction of sp³-hybridized carbons (Fsp3) is 0.667. The maximum Gasteiger partial charge on any atom is 0.416 e. The van der Waals surface area contributed by atoms with Crippen LogP contribution in [0.2, 0.25) is 0 Å². The Labute approximate surface area is 175 Å². The normalized spacial score (nSPS) is 23.4. The molecule has 0 saturated heterocycles. The number of carbonyl (C=O) groups excluding carboxylic acids is 1. The molecular formula is C21H29F4NO3S. The monoisotopic (exact) mass is 451 g/mol. The zero-order valence-corrected chi connectivity index (χ0v) is 18.3. The minimum Gasteiger partial charge on any atom is -0.314 e. The zero-order chi connectivity index (χ0) is 22.8. The van der Waals surface area contributed by atoms with E-state index < -0.39 is 36.9 Å². The molecule has 0 aliphatic heterocycles. The van der Waals surface area contributed by atoms with Crippen molar-refractivity contribution in [2.45, 2.75) is 81.4 Å². The lowest BCUT2D eigenvalue weighted by Crippen LogP contribution is -2.43. The molecule has 9 heteroatoms. The van der Waals surface area contributed by atoms with Crippen molar-refractivity contribution < 1.29 is 30.8 Å². The minimum atomic E-state index is -4.70. The van der Waals surface area contributed by atoms with E-state index in [1.165, 1.54) is 0 Å². The summed E-state index contributed by atoms with van der Waals surface area (Å²) in [7, 11) is -4.56. The predicted octanol–water partition coefficient (Wildman–Crippen LogP) is 5.07. The Hall–Kier alpha value is -1.48. The van der Waals surface area contributed by atoms with Crippen LogP contribution in [0.5, 0.6) is 0 Å². The molecule has 1 aromatic rings. The van der Waals surface area contributed by atoms with Gasteiger partial charge in [-0.05, 0) is 56.8 Å². The Bertz CT molecular complexity index is 852. The van der Waals surface area contributed by atoms with E-state index in [1.807, 2.05) is 20.8 Å². The third-order valence-electron chi connectivity index (χ3n) is 5.54. The Morgan fingerprint density at radius 1 is 1.17 bits per heavy atom. The Balaban J connectivity index is 1.95. The molecule has 0 heterocycles. The van der Waals surface area contributed by atoms with E-state index in [0.29, 0.717) is 25.5 Å². The second-order valence-electron chi connectivity index (χ2n) is 8.92. The summed E-state index contributed by atoms with van der Waals surface area (Å²) < 4.78 is 79.4. The fourth-order valence-electron chi connectivity index (χ4n) is 3.50. The SMILES string of the molecule is CC(C)(C)C(=O)CCCNC1CCC(F)(S(=O)(=O)c2cccc(C(F)(F)F)c2)CC1. The Morgan fingerprint density at radius 2 is 1.77 bits per heavy atom. The molecule has 0 atom stereocenters. The van der Waals surface area contributed by atoms with E-state index in [0.717, 1.165) is 18.2 Å². The van der Waals surface area contributed by atoms with Crippen LogP contribution in [-0.4, -0.2) is 31.8 Å². The van der Waals surface area contributed by atoms with Crippen molar-refractivity contribution in [3.8, 4) is 0 Å². The molecule has 0 radical (unpaired) electrons. The van der Waals surface area contributed by atoms with E-state index in [2.05, 4.69) is 5.32 Å². The smallest absolute Gasteiger partial charge is 0.314 e. The van der Waals surface area contributed by atoms with Gasteiger partial charge in [0, 0.05) is 17.9 Å². The highest BCUT2D eigenvalue weighted by molar-refractivity contribution is 7.92. The lowest BCUT2D eigenvalue weighted by Gasteiger charge is -2.34. The number of halogens is 4. The first-order valence-electron chi connectivity index (χ1n) is 10.0. The first-order chi connectivity index (χ1) is 13.7. The highest BCUT2D eigenvalue weighted by Gasteiger charge is 2.48. The summed E-state index contributed by atoms with van der Waals surface area (Å²) in [5.74, 6) is 0.155.